The lowest BCUT2D eigenvalue weighted by molar-refractivity contribution is -0.141. The molecule has 1 aliphatic heterocycles. The summed E-state index contributed by atoms with van der Waals surface area (Å²) in [5, 5.41) is 0. The van der Waals surface area contributed by atoms with Crippen LogP contribution in [-0.2, 0) is 20.9 Å². The summed E-state index contributed by atoms with van der Waals surface area (Å²) in [5.41, 5.74) is 3.23. The van der Waals surface area contributed by atoms with Gasteiger partial charge in [0.25, 0.3) is 5.91 Å². The van der Waals surface area contributed by atoms with Crippen molar-refractivity contribution < 1.29 is 19.1 Å². The van der Waals surface area contributed by atoms with E-state index in [1.165, 1.54) is 4.90 Å². The second-order valence-corrected chi connectivity index (χ2v) is 8.51. The first-order valence-electron chi connectivity index (χ1n) is 10.7. The first kappa shape index (κ1) is 21.8. The van der Waals surface area contributed by atoms with Crippen molar-refractivity contribution in [2.75, 3.05) is 0 Å². The fourth-order valence-corrected chi connectivity index (χ4v) is 4.06. The number of carbonyl (C=O) groups excluding carboxylic acids is 2. The van der Waals surface area contributed by atoms with Gasteiger partial charge in [-0.15, -0.1) is 0 Å². The zero-order chi connectivity index (χ0) is 22.7. The van der Waals surface area contributed by atoms with E-state index in [0.717, 1.165) is 22.3 Å². The van der Waals surface area contributed by atoms with Gasteiger partial charge >= 0.3 is 6.09 Å². The molecular formula is C27H27NO4. The minimum absolute atomic E-state index is 0.268. The fourth-order valence-electron chi connectivity index (χ4n) is 4.06. The molecule has 1 heterocycles. The van der Waals surface area contributed by atoms with Crippen LogP contribution in [0.1, 0.15) is 37.9 Å². The van der Waals surface area contributed by atoms with Crippen molar-refractivity contribution in [3.63, 3.8) is 0 Å². The number of hydrogen-bond donors (Lipinski definition) is 0. The van der Waals surface area contributed by atoms with E-state index >= 15 is 0 Å². The predicted molar refractivity (Wildman–Crippen MR) is 123 cm³/mol. The van der Waals surface area contributed by atoms with Crippen molar-refractivity contribution in [1.29, 1.82) is 0 Å². The Hall–Kier alpha value is -3.44. The lowest BCUT2D eigenvalue weighted by Gasteiger charge is -2.29. The third-order valence-electron chi connectivity index (χ3n) is 5.73. The lowest BCUT2D eigenvalue weighted by atomic mass is 9.91. The molecular weight excluding hydrogens is 402 g/mol. The summed E-state index contributed by atoms with van der Waals surface area (Å²) in [6.07, 6.45) is -1.44. The highest BCUT2D eigenvalue weighted by molar-refractivity contribution is 5.96. The van der Waals surface area contributed by atoms with Gasteiger partial charge in [0.2, 0.25) is 0 Å². The van der Waals surface area contributed by atoms with E-state index in [9.17, 15) is 9.59 Å². The highest BCUT2D eigenvalue weighted by atomic mass is 16.6. The first-order chi connectivity index (χ1) is 15.4. The van der Waals surface area contributed by atoms with E-state index in [1.807, 2.05) is 86.6 Å². The topological polar surface area (TPSA) is 55.8 Å². The van der Waals surface area contributed by atoms with E-state index in [1.54, 1.807) is 6.92 Å². The Labute approximate surface area is 188 Å². The van der Waals surface area contributed by atoms with E-state index in [2.05, 4.69) is 12.1 Å². The molecule has 1 fully saturated rings. The van der Waals surface area contributed by atoms with Crippen molar-refractivity contribution in [3.05, 3.63) is 96.1 Å². The number of cyclic esters (lactones) is 1. The first-order valence-corrected chi connectivity index (χ1v) is 10.7. The summed E-state index contributed by atoms with van der Waals surface area (Å²) in [5.74, 6) is -0.407. The van der Waals surface area contributed by atoms with Crippen LogP contribution in [0.3, 0.4) is 0 Å². The van der Waals surface area contributed by atoms with Crippen molar-refractivity contribution in [2.45, 2.75) is 45.1 Å². The van der Waals surface area contributed by atoms with Gasteiger partial charge in [-0.1, -0.05) is 84.9 Å². The number of benzene rings is 3. The predicted octanol–water partition coefficient (Wildman–Crippen LogP) is 5.76. The molecule has 3 aromatic carbocycles. The number of hydrogen-bond acceptors (Lipinski definition) is 4. The molecule has 4 rings (SSSR count). The third-order valence-corrected chi connectivity index (χ3v) is 5.73. The Balaban J connectivity index is 1.44. The summed E-state index contributed by atoms with van der Waals surface area (Å²) >= 11 is 0. The summed E-state index contributed by atoms with van der Waals surface area (Å²) in [4.78, 5) is 27.0. The minimum atomic E-state index is -0.832. The minimum Gasteiger partial charge on any atom is -0.440 e. The average Bonchev–Trinajstić information content (AvgIpc) is 3.06. The zero-order valence-corrected chi connectivity index (χ0v) is 18.5. The molecule has 0 spiro atoms. The Morgan fingerprint density at radius 2 is 1.50 bits per heavy atom. The second-order valence-electron chi connectivity index (χ2n) is 8.51. The zero-order valence-electron chi connectivity index (χ0n) is 18.5. The maximum atomic E-state index is 13.2. The quantitative estimate of drug-likeness (QED) is 0.500. The highest BCUT2D eigenvalue weighted by Crippen LogP contribution is 2.41. The summed E-state index contributed by atoms with van der Waals surface area (Å²) < 4.78 is 11.4. The smallest absolute Gasteiger partial charge is 0.417 e. The van der Waals surface area contributed by atoms with Gasteiger partial charge in [-0.25, -0.2) is 9.69 Å². The molecule has 0 radical (unpaired) electrons. The molecule has 5 heteroatoms. The SMILES string of the molecule is C[C@H](OCc1ccc(-c2ccccc2)cc1)C(=O)N1C(=O)OC(C)(C)[C@@H]1c1ccccc1. The normalized spacial score (nSPS) is 18.3. The Morgan fingerprint density at radius 3 is 2.12 bits per heavy atom. The molecule has 0 aromatic heterocycles. The molecule has 2 amide bonds. The number of ether oxygens (including phenoxy) is 2. The van der Waals surface area contributed by atoms with E-state index < -0.39 is 29.7 Å². The van der Waals surface area contributed by atoms with Gasteiger partial charge in [-0.3, -0.25) is 4.79 Å². The van der Waals surface area contributed by atoms with Crippen LogP contribution in [-0.4, -0.2) is 28.6 Å². The molecule has 0 aliphatic carbocycles. The molecule has 32 heavy (non-hydrogen) atoms. The van der Waals surface area contributed by atoms with Crippen LogP contribution < -0.4 is 0 Å². The largest absolute Gasteiger partial charge is 0.440 e. The molecule has 0 N–H and O–H groups in total. The standard InChI is InChI=1S/C27H27NO4/c1-19(31-18-20-14-16-22(17-15-20)21-10-6-4-7-11-21)25(29)28-24(23-12-8-5-9-13-23)27(2,3)32-26(28)30/h4-17,19,24H,18H2,1-3H3/t19-,24-/m0/s1. The Morgan fingerprint density at radius 1 is 0.938 bits per heavy atom. The molecule has 1 saturated heterocycles. The van der Waals surface area contributed by atoms with Gasteiger partial charge in [-0.05, 0) is 43.0 Å². The maximum Gasteiger partial charge on any atom is 0.417 e. The number of rotatable bonds is 6. The lowest BCUT2D eigenvalue weighted by Crippen LogP contribution is -2.43. The molecule has 2 atom stereocenters. The number of nitrogens with zero attached hydrogens (tertiary/aromatic N) is 1. The van der Waals surface area contributed by atoms with Gasteiger partial charge in [-0.2, -0.15) is 0 Å². The summed E-state index contributed by atoms with van der Waals surface area (Å²) in [6, 6.07) is 27.1. The van der Waals surface area contributed by atoms with E-state index in [-0.39, 0.29) is 6.61 Å². The third kappa shape index (κ3) is 4.43. The molecule has 164 valence electrons. The van der Waals surface area contributed by atoms with Crippen LogP contribution in [0.15, 0.2) is 84.9 Å². The van der Waals surface area contributed by atoms with E-state index in [4.69, 9.17) is 9.47 Å². The van der Waals surface area contributed by atoms with Crippen molar-refractivity contribution in [2.24, 2.45) is 0 Å². The number of imide groups is 1. The highest BCUT2D eigenvalue weighted by Gasteiger charge is 2.52. The summed E-state index contributed by atoms with van der Waals surface area (Å²) in [6.45, 7) is 5.57. The number of amides is 2. The molecule has 5 nitrogen and oxygen atoms in total. The van der Waals surface area contributed by atoms with Crippen LogP contribution in [0.25, 0.3) is 11.1 Å². The van der Waals surface area contributed by atoms with E-state index in [0.29, 0.717) is 0 Å². The van der Waals surface area contributed by atoms with Gasteiger partial charge in [0.1, 0.15) is 17.7 Å². The molecule has 1 aliphatic rings. The monoisotopic (exact) mass is 429 g/mol. The van der Waals surface area contributed by atoms with Crippen LogP contribution in [0.5, 0.6) is 0 Å². The maximum absolute atomic E-state index is 13.2. The van der Waals surface area contributed by atoms with Gasteiger partial charge < -0.3 is 9.47 Å². The molecule has 3 aromatic rings. The van der Waals surface area contributed by atoms with Crippen molar-refractivity contribution >= 4 is 12.0 Å². The molecule has 0 saturated carbocycles. The molecule has 0 bridgehead atoms. The molecule has 0 unspecified atom stereocenters. The van der Waals surface area contributed by atoms with Crippen LogP contribution in [0, 0.1) is 0 Å². The Kier molecular flexibility index (Phi) is 6.10. The Bertz CT molecular complexity index is 1080. The van der Waals surface area contributed by atoms with Gasteiger partial charge in [0, 0.05) is 0 Å². The van der Waals surface area contributed by atoms with Crippen molar-refractivity contribution in [1.82, 2.24) is 4.90 Å². The van der Waals surface area contributed by atoms with Gasteiger partial charge in [0.15, 0.2) is 0 Å². The van der Waals surface area contributed by atoms with Crippen LogP contribution in [0.2, 0.25) is 0 Å². The number of carbonyl (C=O) groups is 2. The van der Waals surface area contributed by atoms with Crippen molar-refractivity contribution in [3.8, 4) is 11.1 Å². The van der Waals surface area contributed by atoms with Crippen LogP contribution in [0.4, 0.5) is 4.79 Å². The van der Waals surface area contributed by atoms with Gasteiger partial charge in [0.05, 0.1) is 6.61 Å². The van der Waals surface area contributed by atoms with Crippen LogP contribution >= 0.6 is 0 Å². The average molecular weight is 430 g/mol. The summed E-state index contributed by atoms with van der Waals surface area (Å²) in [7, 11) is 0. The fraction of sp³-hybridized carbons (Fsp3) is 0.259. The second kappa shape index (κ2) is 8.97.